The summed E-state index contributed by atoms with van der Waals surface area (Å²) in [5, 5.41) is 10.9. The van der Waals surface area contributed by atoms with Crippen LogP contribution >= 0.6 is 0 Å². The number of esters is 2. The first-order valence-corrected chi connectivity index (χ1v) is 7.67. The van der Waals surface area contributed by atoms with Crippen LogP contribution in [0.4, 0.5) is 0 Å². The minimum absolute atomic E-state index is 0.155. The number of fused-ring (bicyclic) bond motifs is 3. The average molecular weight is 306 g/mol. The quantitative estimate of drug-likeness (QED) is 0.456. The first-order valence-electron chi connectivity index (χ1n) is 7.67. The molecule has 1 aliphatic heterocycles. The van der Waals surface area contributed by atoms with Crippen molar-refractivity contribution in [3.63, 3.8) is 0 Å². The van der Waals surface area contributed by atoms with Crippen LogP contribution in [0.3, 0.4) is 0 Å². The van der Waals surface area contributed by atoms with Crippen molar-refractivity contribution < 1.29 is 24.2 Å². The standard InChI is InChI=1S/C17H22O5/c1-9-7-12(21-11(3)18)8-16(4)5-6-17(20)10(2)15(19)22-14(17)13(9)16/h12,14,20H,2,5-8H2,1,3-4H3/t12-,14-,16-,17+/m0/s1. The number of rotatable bonds is 1. The van der Waals surface area contributed by atoms with E-state index < -0.39 is 17.7 Å². The zero-order valence-corrected chi connectivity index (χ0v) is 13.3. The number of ether oxygens (including phenoxy) is 2. The Kier molecular flexibility index (Phi) is 3.25. The Morgan fingerprint density at radius 2 is 2.14 bits per heavy atom. The van der Waals surface area contributed by atoms with E-state index >= 15 is 0 Å². The molecule has 0 amide bonds. The second kappa shape index (κ2) is 4.69. The lowest BCUT2D eigenvalue weighted by Crippen LogP contribution is -2.52. The molecule has 0 radical (unpaired) electrons. The average Bonchev–Trinajstić information content (AvgIpc) is 2.61. The highest BCUT2D eigenvalue weighted by Crippen LogP contribution is 2.57. The Morgan fingerprint density at radius 3 is 2.77 bits per heavy atom. The number of hydrogen-bond acceptors (Lipinski definition) is 5. The molecule has 120 valence electrons. The monoisotopic (exact) mass is 306 g/mol. The molecule has 3 rings (SSSR count). The summed E-state index contributed by atoms with van der Waals surface area (Å²) in [5.41, 5.74) is 0.648. The maximum absolute atomic E-state index is 11.9. The van der Waals surface area contributed by atoms with E-state index in [0.29, 0.717) is 25.7 Å². The van der Waals surface area contributed by atoms with E-state index in [2.05, 4.69) is 13.5 Å². The topological polar surface area (TPSA) is 72.8 Å². The molecule has 3 aliphatic rings. The number of aliphatic hydroxyl groups is 1. The third kappa shape index (κ3) is 2.02. The minimum atomic E-state index is -1.29. The van der Waals surface area contributed by atoms with Gasteiger partial charge in [0.15, 0.2) is 6.10 Å². The Balaban J connectivity index is 2.00. The minimum Gasteiger partial charge on any atom is -0.462 e. The van der Waals surface area contributed by atoms with Crippen molar-refractivity contribution in [2.24, 2.45) is 5.41 Å². The molecule has 2 aliphatic carbocycles. The first kappa shape index (κ1) is 15.3. The third-order valence-corrected chi connectivity index (χ3v) is 5.40. The molecule has 1 N–H and O–H groups in total. The van der Waals surface area contributed by atoms with Crippen molar-refractivity contribution in [3.05, 3.63) is 23.3 Å². The Hall–Kier alpha value is -1.62. The van der Waals surface area contributed by atoms with Crippen molar-refractivity contribution in [1.29, 1.82) is 0 Å². The van der Waals surface area contributed by atoms with Gasteiger partial charge in [-0.2, -0.15) is 0 Å². The molecule has 1 saturated carbocycles. The van der Waals surface area contributed by atoms with Gasteiger partial charge in [-0.3, -0.25) is 4.79 Å². The van der Waals surface area contributed by atoms with Gasteiger partial charge in [-0.05, 0) is 37.2 Å². The van der Waals surface area contributed by atoms with Gasteiger partial charge in [-0.15, -0.1) is 0 Å². The van der Waals surface area contributed by atoms with E-state index in [1.165, 1.54) is 6.92 Å². The summed E-state index contributed by atoms with van der Waals surface area (Å²) < 4.78 is 10.8. The summed E-state index contributed by atoms with van der Waals surface area (Å²) in [4.78, 5) is 23.1. The van der Waals surface area contributed by atoms with Gasteiger partial charge in [0.1, 0.15) is 11.7 Å². The fraction of sp³-hybridized carbons (Fsp3) is 0.647. The smallest absolute Gasteiger partial charge is 0.337 e. The molecule has 2 fully saturated rings. The van der Waals surface area contributed by atoms with Crippen LogP contribution in [-0.4, -0.2) is 34.9 Å². The fourth-order valence-corrected chi connectivity index (χ4v) is 4.40. The fourth-order valence-electron chi connectivity index (χ4n) is 4.40. The van der Waals surface area contributed by atoms with Gasteiger partial charge in [0, 0.05) is 13.3 Å². The Bertz CT molecular complexity index is 604. The van der Waals surface area contributed by atoms with Crippen molar-refractivity contribution in [2.45, 2.75) is 64.3 Å². The van der Waals surface area contributed by atoms with E-state index in [1.54, 1.807) is 0 Å². The SMILES string of the molecule is C=C1C(=O)O[C@H]2C3=C(C)C[C@H](OC(C)=O)C[C@]3(C)CC[C@@]12O. The third-order valence-electron chi connectivity index (χ3n) is 5.40. The second-order valence-electron chi connectivity index (χ2n) is 7.08. The van der Waals surface area contributed by atoms with E-state index in [-0.39, 0.29) is 23.1 Å². The van der Waals surface area contributed by atoms with Crippen LogP contribution in [0, 0.1) is 5.41 Å². The number of hydrogen-bond donors (Lipinski definition) is 1. The molecule has 0 spiro atoms. The molecule has 4 atom stereocenters. The molecule has 0 bridgehead atoms. The molecular formula is C17H22O5. The molecule has 0 unspecified atom stereocenters. The predicted molar refractivity (Wildman–Crippen MR) is 78.8 cm³/mol. The molecule has 22 heavy (non-hydrogen) atoms. The van der Waals surface area contributed by atoms with E-state index in [9.17, 15) is 14.7 Å². The van der Waals surface area contributed by atoms with Crippen LogP contribution in [0.2, 0.25) is 0 Å². The van der Waals surface area contributed by atoms with Crippen LogP contribution in [0.5, 0.6) is 0 Å². The summed E-state index contributed by atoms with van der Waals surface area (Å²) in [7, 11) is 0. The van der Waals surface area contributed by atoms with Crippen LogP contribution in [0.25, 0.3) is 0 Å². The van der Waals surface area contributed by atoms with Gasteiger partial charge in [-0.1, -0.05) is 19.1 Å². The van der Waals surface area contributed by atoms with E-state index in [4.69, 9.17) is 9.47 Å². The van der Waals surface area contributed by atoms with Crippen LogP contribution in [0.15, 0.2) is 23.3 Å². The number of carbonyl (C=O) groups excluding carboxylic acids is 2. The van der Waals surface area contributed by atoms with E-state index in [1.807, 2.05) is 6.92 Å². The van der Waals surface area contributed by atoms with Gasteiger partial charge in [-0.25, -0.2) is 4.79 Å². The van der Waals surface area contributed by atoms with E-state index in [0.717, 1.165) is 11.1 Å². The summed E-state index contributed by atoms with van der Waals surface area (Å²) in [5.74, 6) is -0.794. The zero-order valence-electron chi connectivity index (χ0n) is 13.3. The van der Waals surface area contributed by atoms with Crippen molar-refractivity contribution in [2.75, 3.05) is 0 Å². The van der Waals surface area contributed by atoms with Crippen molar-refractivity contribution >= 4 is 11.9 Å². The van der Waals surface area contributed by atoms with Crippen LogP contribution < -0.4 is 0 Å². The van der Waals surface area contributed by atoms with Gasteiger partial charge in [0.25, 0.3) is 0 Å². The summed E-state index contributed by atoms with van der Waals surface area (Å²) >= 11 is 0. The second-order valence-corrected chi connectivity index (χ2v) is 7.08. The molecule has 0 aromatic rings. The zero-order chi connectivity index (χ0) is 16.3. The highest BCUT2D eigenvalue weighted by molar-refractivity contribution is 5.93. The van der Waals surface area contributed by atoms with Crippen LogP contribution in [0.1, 0.15) is 46.5 Å². The molecule has 0 aromatic heterocycles. The lowest BCUT2D eigenvalue weighted by molar-refractivity contribution is -0.149. The van der Waals surface area contributed by atoms with Crippen molar-refractivity contribution in [1.82, 2.24) is 0 Å². The van der Waals surface area contributed by atoms with Gasteiger partial charge < -0.3 is 14.6 Å². The lowest BCUT2D eigenvalue weighted by atomic mass is 9.58. The van der Waals surface area contributed by atoms with Crippen molar-refractivity contribution in [3.8, 4) is 0 Å². The highest BCUT2D eigenvalue weighted by Gasteiger charge is 2.60. The summed E-state index contributed by atoms with van der Waals surface area (Å²) in [6.07, 6.45) is 1.64. The molecule has 5 nitrogen and oxygen atoms in total. The molecule has 1 heterocycles. The maximum Gasteiger partial charge on any atom is 0.337 e. The normalized spacial score (nSPS) is 40.9. The summed E-state index contributed by atoms with van der Waals surface area (Å²) in [6.45, 7) is 9.19. The first-order chi connectivity index (χ1) is 10.2. The molecule has 1 saturated heterocycles. The molecule has 5 heteroatoms. The number of carbonyl (C=O) groups is 2. The molecule has 0 aromatic carbocycles. The predicted octanol–water partition coefficient (Wildman–Crippen LogP) is 2.04. The largest absolute Gasteiger partial charge is 0.462 e. The van der Waals surface area contributed by atoms with Gasteiger partial charge >= 0.3 is 11.9 Å². The maximum atomic E-state index is 11.9. The highest BCUT2D eigenvalue weighted by atomic mass is 16.6. The van der Waals surface area contributed by atoms with Gasteiger partial charge in [0.2, 0.25) is 0 Å². The van der Waals surface area contributed by atoms with Crippen LogP contribution in [-0.2, 0) is 19.1 Å². The lowest BCUT2D eigenvalue weighted by Gasteiger charge is -2.49. The Labute approximate surface area is 130 Å². The Morgan fingerprint density at radius 1 is 1.45 bits per heavy atom. The molecular weight excluding hydrogens is 284 g/mol. The van der Waals surface area contributed by atoms with Gasteiger partial charge in [0.05, 0.1) is 5.57 Å². The summed E-state index contributed by atoms with van der Waals surface area (Å²) in [6, 6.07) is 0.